The number of amides is 1. The molecule has 0 unspecified atom stereocenters. The van der Waals surface area contributed by atoms with Crippen molar-refractivity contribution < 1.29 is 24.2 Å². The number of nitrogens with one attached hydrogen (secondary N) is 1. The Balaban J connectivity index is 2.01. The van der Waals surface area contributed by atoms with Crippen LogP contribution in [0.25, 0.3) is 0 Å². The maximum Gasteiger partial charge on any atom is 0.335 e. The predicted molar refractivity (Wildman–Crippen MR) is 92.0 cm³/mol. The number of methoxy groups -OCH3 is 1. The Labute approximate surface area is 145 Å². The summed E-state index contributed by atoms with van der Waals surface area (Å²) < 4.78 is 5.23. The lowest BCUT2D eigenvalue weighted by Gasteiger charge is -2.10. The SMILES string of the molecule is COc1ccc(C(C)=O)cc1CC(=O)NCc1ccc(C(=O)O)cc1. The van der Waals surface area contributed by atoms with Gasteiger partial charge in [-0.05, 0) is 42.8 Å². The molecule has 0 spiro atoms. The van der Waals surface area contributed by atoms with Gasteiger partial charge < -0.3 is 15.2 Å². The first-order valence-electron chi connectivity index (χ1n) is 7.67. The van der Waals surface area contributed by atoms with Gasteiger partial charge in [0.1, 0.15) is 5.75 Å². The second-order valence-corrected chi connectivity index (χ2v) is 5.54. The fourth-order valence-electron chi connectivity index (χ4n) is 2.34. The summed E-state index contributed by atoms with van der Waals surface area (Å²) in [6, 6.07) is 11.3. The van der Waals surface area contributed by atoms with Crippen molar-refractivity contribution in [3.8, 4) is 5.75 Å². The molecule has 2 rings (SSSR count). The van der Waals surface area contributed by atoms with E-state index in [0.717, 1.165) is 5.56 Å². The number of carbonyl (C=O) groups is 3. The Morgan fingerprint density at radius 3 is 2.24 bits per heavy atom. The summed E-state index contributed by atoms with van der Waals surface area (Å²) in [6.07, 6.45) is 0.0809. The van der Waals surface area contributed by atoms with E-state index in [2.05, 4.69) is 5.32 Å². The molecule has 0 aliphatic rings. The normalized spacial score (nSPS) is 10.2. The molecule has 2 aromatic rings. The lowest BCUT2D eigenvalue weighted by atomic mass is 10.0. The van der Waals surface area contributed by atoms with Crippen molar-refractivity contribution in [1.29, 1.82) is 0 Å². The number of ketones is 1. The van der Waals surface area contributed by atoms with Crippen molar-refractivity contribution >= 4 is 17.7 Å². The summed E-state index contributed by atoms with van der Waals surface area (Å²) in [5.74, 6) is -0.747. The molecule has 0 aliphatic heterocycles. The highest BCUT2D eigenvalue weighted by Crippen LogP contribution is 2.21. The van der Waals surface area contributed by atoms with E-state index in [0.29, 0.717) is 16.9 Å². The zero-order chi connectivity index (χ0) is 18.4. The van der Waals surface area contributed by atoms with E-state index in [9.17, 15) is 14.4 Å². The van der Waals surface area contributed by atoms with E-state index in [-0.39, 0.29) is 30.2 Å². The first-order valence-corrected chi connectivity index (χ1v) is 7.67. The van der Waals surface area contributed by atoms with Gasteiger partial charge in [0.25, 0.3) is 0 Å². The minimum absolute atomic E-state index is 0.0807. The third kappa shape index (κ3) is 4.91. The number of rotatable bonds is 7. The maximum absolute atomic E-state index is 12.2. The van der Waals surface area contributed by atoms with E-state index in [1.165, 1.54) is 26.2 Å². The molecule has 1 amide bonds. The molecule has 0 heterocycles. The number of hydrogen-bond acceptors (Lipinski definition) is 4. The molecule has 0 aliphatic carbocycles. The molecule has 2 aromatic carbocycles. The van der Waals surface area contributed by atoms with Crippen LogP contribution in [0.5, 0.6) is 5.75 Å². The average Bonchev–Trinajstić information content (AvgIpc) is 2.60. The van der Waals surface area contributed by atoms with Crippen molar-refractivity contribution in [2.45, 2.75) is 19.9 Å². The number of Topliss-reactive ketones (excluding diaryl/α,β-unsaturated/α-hetero) is 1. The number of carboxylic acids is 1. The fourth-order valence-corrected chi connectivity index (χ4v) is 2.34. The van der Waals surface area contributed by atoms with E-state index >= 15 is 0 Å². The van der Waals surface area contributed by atoms with Crippen LogP contribution in [-0.4, -0.2) is 29.9 Å². The summed E-state index contributed by atoms with van der Waals surface area (Å²) in [5.41, 5.74) is 2.14. The Morgan fingerprint density at radius 1 is 1.04 bits per heavy atom. The van der Waals surface area contributed by atoms with Gasteiger partial charge in [0, 0.05) is 17.7 Å². The molecule has 0 radical (unpaired) electrons. The Hall–Kier alpha value is -3.15. The van der Waals surface area contributed by atoms with E-state index in [4.69, 9.17) is 9.84 Å². The quantitative estimate of drug-likeness (QED) is 0.755. The number of aromatic carboxylic acids is 1. The minimum Gasteiger partial charge on any atom is -0.496 e. The van der Waals surface area contributed by atoms with Crippen LogP contribution in [0.15, 0.2) is 42.5 Å². The molecule has 0 saturated heterocycles. The van der Waals surface area contributed by atoms with Crippen LogP contribution in [0.1, 0.15) is 38.8 Å². The third-order valence-corrected chi connectivity index (χ3v) is 3.73. The number of ether oxygens (including phenoxy) is 1. The molecule has 0 aromatic heterocycles. The molecule has 130 valence electrons. The summed E-state index contributed by atoms with van der Waals surface area (Å²) >= 11 is 0. The summed E-state index contributed by atoms with van der Waals surface area (Å²) in [6.45, 7) is 1.75. The smallest absolute Gasteiger partial charge is 0.335 e. The summed E-state index contributed by atoms with van der Waals surface area (Å²) in [7, 11) is 1.51. The van der Waals surface area contributed by atoms with Gasteiger partial charge in [-0.15, -0.1) is 0 Å². The molecule has 6 nitrogen and oxygen atoms in total. The molecule has 2 N–H and O–H groups in total. The van der Waals surface area contributed by atoms with E-state index in [1.54, 1.807) is 30.3 Å². The summed E-state index contributed by atoms with van der Waals surface area (Å²) in [5, 5.41) is 11.6. The molecule has 0 bridgehead atoms. The second kappa shape index (κ2) is 8.10. The highest BCUT2D eigenvalue weighted by atomic mass is 16.5. The molecular formula is C19H19NO5. The predicted octanol–water partition coefficient (Wildman–Crippen LogP) is 2.45. The molecular weight excluding hydrogens is 322 g/mol. The van der Waals surface area contributed by atoms with Crippen molar-refractivity contribution in [3.05, 3.63) is 64.7 Å². The summed E-state index contributed by atoms with van der Waals surface area (Å²) in [4.78, 5) is 34.5. The van der Waals surface area contributed by atoms with Gasteiger partial charge in [0.2, 0.25) is 5.91 Å². The number of carboxylic acid groups (broad SMARTS) is 1. The van der Waals surface area contributed by atoms with Crippen LogP contribution >= 0.6 is 0 Å². The molecule has 0 saturated carbocycles. The fraction of sp³-hybridized carbons (Fsp3) is 0.211. The molecule has 0 atom stereocenters. The third-order valence-electron chi connectivity index (χ3n) is 3.73. The standard InChI is InChI=1S/C19H19NO5/c1-12(21)15-7-8-17(25-2)16(9-15)10-18(22)20-11-13-3-5-14(6-4-13)19(23)24/h3-9H,10-11H2,1-2H3,(H,20,22)(H,23,24). The zero-order valence-electron chi connectivity index (χ0n) is 14.0. The van der Waals surface area contributed by atoms with E-state index < -0.39 is 5.97 Å². The first kappa shape index (κ1) is 18.2. The first-order chi connectivity index (χ1) is 11.9. The Kier molecular flexibility index (Phi) is 5.89. The van der Waals surface area contributed by atoms with E-state index in [1.807, 2.05) is 0 Å². The van der Waals surface area contributed by atoms with Gasteiger partial charge in [-0.2, -0.15) is 0 Å². The highest BCUT2D eigenvalue weighted by Gasteiger charge is 2.11. The number of benzene rings is 2. The topological polar surface area (TPSA) is 92.7 Å². The van der Waals surface area contributed by atoms with Crippen molar-refractivity contribution in [2.75, 3.05) is 7.11 Å². The number of hydrogen-bond donors (Lipinski definition) is 2. The monoisotopic (exact) mass is 341 g/mol. The van der Waals surface area contributed by atoms with Crippen LogP contribution in [0.3, 0.4) is 0 Å². The van der Waals surface area contributed by atoms with Crippen molar-refractivity contribution in [1.82, 2.24) is 5.32 Å². The lowest BCUT2D eigenvalue weighted by Crippen LogP contribution is -2.24. The van der Waals surface area contributed by atoms with Gasteiger partial charge in [0.15, 0.2) is 5.78 Å². The van der Waals surface area contributed by atoms with Crippen LogP contribution in [0.4, 0.5) is 0 Å². The second-order valence-electron chi connectivity index (χ2n) is 5.54. The largest absolute Gasteiger partial charge is 0.496 e. The zero-order valence-corrected chi connectivity index (χ0v) is 14.0. The van der Waals surface area contributed by atoms with Gasteiger partial charge in [-0.1, -0.05) is 12.1 Å². The Bertz CT molecular complexity index is 796. The number of carbonyl (C=O) groups excluding carboxylic acids is 2. The van der Waals surface area contributed by atoms with Crippen LogP contribution in [0.2, 0.25) is 0 Å². The Morgan fingerprint density at radius 2 is 1.68 bits per heavy atom. The van der Waals surface area contributed by atoms with Gasteiger partial charge >= 0.3 is 5.97 Å². The lowest BCUT2D eigenvalue weighted by molar-refractivity contribution is -0.120. The minimum atomic E-state index is -0.993. The average molecular weight is 341 g/mol. The van der Waals surface area contributed by atoms with Gasteiger partial charge in [-0.3, -0.25) is 9.59 Å². The van der Waals surface area contributed by atoms with Gasteiger partial charge in [-0.25, -0.2) is 4.79 Å². The molecule has 0 fully saturated rings. The van der Waals surface area contributed by atoms with Gasteiger partial charge in [0.05, 0.1) is 19.1 Å². The van der Waals surface area contributed by atoms with Crippen LogP contribution in [0, 0.1) is 0 Å². The highest BCUT2D eigenvalue weighted by molar-refractivity contribution is 5.94. The van der Waals surface area contributed by atoms with Crippen molar-refractivity contribution in [3.63, 3.8) is 0 Å². The molecule has 25 heavy (non-hydrogen) atoms. The maximum atomic E-state index is 12.2. The molecule has 6 heteroatoms. The van der Waals surface area contributed by atoms with Crippen LogP contribution < -0.4 is 10.1 Å². The van der Waals surface area contributed by atoms with Crippen LogP contribution in [-0.2, 0) is 17.8 Å². The van der Waals surface area contributed by atoms with Crippen molar-refractivity contribution in [2.24, 2.45) is 0 Å².